The highest BCUT2D eigenvalue weighted by Gasteiger charge is 2.21. The van der Waals surface area contributed by atoms with Crippen molar-refractivity contribution in [2.45, 2.75) is 25.7 Å². The summed E-state index contributed by atoms with van der Waals surface area (Å²) in [5.41, 5.74) is 0.806. The number of hydrogen-bond acceptors (Lipinski definition) is 4. The summed E-state index contributed by atoms with van der Waals surface area (Å²) in [6.45, 7) is 6.95. The van der Waals surface area contributed by atoms with Crippen molar-refractivity contribution < 1.29 is 17.6 Å². The van der Waals surface area contributed by atoms with Gasteiger partial charge < -0.3 is 10.2 Å². The van der Waals surface area contributed by atoms with E-state index in [1.807, 2.05) is 14.1 Å². The maximum absolute atomic E-state index is 13.7. The summed E-state index contributed by atoms with van der Waals surface area (Å²) in [4.78, 5) is 14.4. The Labute approximate surface area is 172 Å². The van der Waals surface area contributed by atoms with Crippen LogP contribution in [-0.2, 0) is 10.0 Å². The zero-order valence-corrected chi connectivity index (χ0v) is 18.2. The summed E-state index contributed by atoms with van der Waals surface area (Å²) in [7, 11) is -0.0287. The molecule has 29 heavy (non-hydrogen) atoms. The van der Waals surface area contributed by atoms with E-state index in [2.05, 4.69) is 28.8 Å². The van der Waals surface area contributed by atoms with Crippen LogP contribution in [-0.4, -0.2) is 46.4 Å². The van der Waals surface area contributed by atoms with Crippen molar-refractivity contribution in [3.8, 4) is 0 Å². The molecule has 1 amide bonds. The van der Waals surface area contributed by atoms with E-state index in [1.165, 1.54) is 24.3 Å². The molecule has 2 aromatic carbocycles. The molecule has 0 saturated heterocycles. The minimum atomic E-state index is -3.97. The topological polar surface area (TPSA) is 78.5 Å². The lowest BCUT2D eigenvalue weighted by molar-refractivity contribution is 0.0929. The maximum Gasteiger partial charge on any atom is 0.261 e. The number of amides is 1. The average molecular weight is 422 g/mol. The lowest BCUT2D eigenvalue weighted by Gasteiger charge is -2.28. The highest BCUT2D eigenvalue weighted by Crippen LogP contribution is 2.20. The van der Waals surface area contributed by atoms with Crippen molar-refractivity contribution in [2.24, 2.45) is 5.41 Å². The third-order valence-electron chi connectivity index (χ3n) is 4.30. The second-order valence-electron chi connectivity index (χ2n) is 8.18. The molecule has 6 nitrogen and oxygen atoms in total. The first-order valence-corrected chi connectivity index (χ1v) is 10.7. The van der Waals surface area contributed by atoms with Crippen LogP contribution in [0.1, 0.15) is 29.8 Å². The van der Waals surface area contributed by atoms with Crippen LogP contribution in [0.2, 0.25) is 0 Å². The van der Waals surface area contributed by atoms with Gasteiger partial charge in [0.25, 0.3) is 15.9 Å². The van der Waals surface area contributed by atoms with Gasteiger partial charge in [0.2, 0.25) is 0 Å². The second-order valence-corrected chi connectivity index (χ2v) is 9.86. The number of sulfonamides is 1. The van der Waals surface area contributed by atoms with Crippen LogP contribution in [0.15, 0.2) is 47.4 Å². The van der Waals surface area contributed by atoms with E-state index in [1.54, 1.807) is 19.1 Å². The van der Waals surface area contributed by atoms with E-state index >= 15 is 0 Å². The SMILES string of the molecule is Cc1ccc(S(=O)(=O)Nc2cccc(C(=O)NCC(C)(C)CN(C)C)c2)cc1F. The minimum Gasteiger partial charge on any atom is -0.351 e. The number of nitrogens with zero attached hydrogens (tertiary/aromatic N) is 1. The van der Waals surface area contributed by atoms with Gasteiger partial charge in [-0.2, -0.15) is 0 Å². The van der Waals surface area contributed by atoms with E-state index in [4.69, 9.17) is 0 Å². The average Bonchev–Trinajstić information content (AvgIpc) is 2.60. The first-order chi connectivity index (χ1) is 13.4. The Hall–Kier alpha value is -2.45. The molecule has 158 valence electrons. The van der Waals surface area contributed by atoms with Crippen molar-refractivity contribution >= 4 is 21.6 Å². The third kappa shape index (κ3) is 6.54. The van der Waals surface area contributed by atoms with E-state index in [9.17, 15) is 17.6 Å². The first kappa shape index (κ1) is 22.8. The van der Waals surface area contributed by atoms with Crippen LogP contribution < -0.4 is 10.0 Å². The fourth-order valence-electron chi connectivity index (χ4n) is 3.01. The molecule has 0 unspecified atom stereocenters. The largest absolute Gasteiger partial charge is 0.351 e. The normalized spacial score (nSPS) is 12.1. The molecule has 0 aliphatic carbocycles. The molecule has 0 aliphatic rings. The molecule has 0 radical (unpaired) electrons. The molecule has 0 fully saturated rings. The summed E-state index contributed by atoms with van der Waals surface area (Å²) >= 11 is 0. The Morgan fingerprint density at radius 1 is 1.14 bits per heavy atom. The lowest BCUT2D eigenvalue weighted by Crippen LogP contribution is -2.39. The van der Waals surface area contributed by atoms with E-state index in [0.717, 1.165) is 12.6 Å². The first-order valence-electron chi connectivity index (χ1n) is 9.22. The summed E-state index contributed by atoms with van der Waals surface area (Å²) in [6.07, 6.45) is 0. The molecule has 2 aromatic rings. The van der Waals surface area contributed by atoms with Crippen molar-refractivity contribution in [1.29, 1.82) is 0 Å². The molecule has 8 heteroatoms. The number of hydrogen-bond donors (Lipinski definition) is 2. The maximum atomic E-state index is 13.7. The lowest BCUT2D eigenvalue weighted by atomic mass is 9.93. The molecule has 2 N–H and O–H groups in total. The number of aryl methyl sites for hydroxylation is 1. The fraction of sp³-hybridized carbons (Fsp3) is 0.381. The molecule has 0 aliphatic heterocycles. The highest BCUT2D eigenvalue weighted by molar-refractivity contribution is 7.92. The van der Waals surface area contributed by atoms with Crippen molar-refractivity contribution in [3.63, 3.8) is 0 Å². The molecule has 0 bridgehead atoms. The van der Waals surface area contributed by atoms with Crippen LogP contribution in [0.5, 0.6) is 0 Å². The van der Waals surface area contributed by atoms with Crippen LogP contribution in [0.4, 0.5) is 10.1 Å². The monoisotopic (exact) mass is 421 g/mol. The van der Waals surface area contributed by atoms with Crippen LogP contribution in [0.3, 0.4) is 0 Å². The van der Waals surface area contributed by atoms with Gasteiger partial charge >= 0.3 is 0 Å². The summed E-state index contributed by atoms with van der Waals surface area (Å²) in [5, 5.41) is 2.89. The number of carbonyl (C=O) groups is 1. The number of anilines is 1. The van der Waals surface area contributed by atoms with Gasteiger partial charge in [0, 0.05) is 24.3 Å². The van der Waals surface area contributed by atoms with Crippen LogP contribution in [0, 0.1) is 18.2 Å². The van der Waals surface area contributed by atoms with Gasteiger partial charge in [0.05, 0.1) is 4.90 Å². The zero-order chi connectivity index (χ0) is 21.8. The van der Waals surface area contributed by atoms with E-state index in [0.29, 0.717) is 17.7 Å². The number of benzene rings is 2. The van der Waals surface area contributed by atoms with Gasteiger partial charge in [0.1, 0.15) is 5.82 Å². The van der Waals surface area contributed by atoms with Crippen LogP contribution >= 0.6 is 0 Å². The van der Waals surface area contributed by atoms with Gasteiger partial charge in [0.15, 0.2) is 0 Å². The zero-order valence-electron chi connectivity index (χ0n) is 17.4. The number of carbonyl (C=O) groups excluding carboxylic acids is 1. The number of nitrogens with one attached hydrogen (secondary N) is 2. The predicted octanol–water partition coefficient (Wildman–Crippen LogP) is 3.25. The minimum absolute atomic E-state index is 0.117. The quantitative estimate of drug-likeness (QED) is 0.686. The summed E-state index contributed by atoms with van der Waals surface area (Å²) in [5.74, 6) is -0.888. The molecular formula is C21H28FN3O3S. The van der Waals surface area contributed by atoms with E-state index in [-0.39, 0.29) is 21.9 Å². The van der Waals surface area contributed by atoms with Crippen molar-refractivity contribution in [3.05, 3.63) is 59.4 Å². The Morgan fingerprint density at radius 3 is 2.45 bits per heavy atom. The van der Waals surface area contributed by atoms with Crippen molar-refractivity contribution in [2.75, 3.05) is 31.9 Å². The molecule has 0 saturated carbocycles. The van der Waals surface area contributed by atoms with Gasteiger partial charge in [-0.25, -0.2) is 12.8 Å². The number of halogens is 1. The smallest absolute Gasteiger partial charge is 0.261 e. The Balaban J connectivity index is 2.12. The molecule has 0 aromatic heterocycles. The highest BCUT2D eigenvalue weighted by atomic mass is 32.2. The van der Waals surface area contributed by atoms with Gasteiger partial charge in [-0.1, -0.05) is 26.0 Å². The van der Waals surface area contributed by atoms with Gasteiger partial charge in [-0.05, 0) is 62.3 Å². The molecule has 0 spiro atoms. The number of rotatable bonds is 8. The Kier molecular flexibility index (Phi) is 7.02. The molecule has 0 heterocycles. The fourth-order valence-corrected chi connectivity index (χ4v) is 4.07. The summed E-state index contributed by atoms with van der Waals surface area (Å²) < 4.78 is 41.2. The predicted molar refractivity (Wildman–Crippen MR) is 113 cm³/mol. The molecule has 0 atom stereocenters. The van der Waals surface area contributed by atoms with Crippen molar-refractivity contribution in [1.82, 2.24) is 10.2 Å². The third-order valence-corrected chi connectivity index (χ3v) is 5.68. The van der Waals surface area contributed by atoms with Crippen LogP contribution in [0.25, 0.3) is 0 Å². The van der Waals surface area contributed by atoms with Gasteiger partial charge in [-0.15, -0.1) is 0 Å². The Bertz CT molecular complexity index is 988. The molecular weight excluding hydrogens is 393 g/mol. The van der Waals surface area contributed by atoms with Gasteiger partial charge in [-0.3, -0.25) is 9.52 Å². The Morgan fingerprint density at radius 2 is 1.83 bits per heavy atom. The standard InChI is InChI=1S/C21H28FN3O3S/c1-15-9-10-18(12-19(15)22)29(27,28)24-17-8-6-7-16(11-17)20(26)23-13-21(2,3)14-25(4)5/h6-12,24H,13-14H2,1-5H3,(H,23,26). The second kappa shape index (κ2) is 8.92. The van der Waals surface area contributed by atoms with E-state index < -0.39 is 15.8 Å². The molecule has 2 rings (SSSR count). The summed E-state index contributed by atoms with van der Waals surface area (Å²) in [6, 6.07) is 9.91.